The summed E-state index contributed by atoms with van der Waals surface area (Å²) in [5.41, 5.74) is 2.63. The van der Waals surface area contributed by atoms with Crippen LogP contribution in [0.4, 0.5) is 0 Å². The second-order valence-electron chi connectivity index (χ2n) is 4.68. The number of rotatable bonds is 2. The van der Waals surface area contributed by atoms with Gasteiger partial charge in [0.1, 0.15) is 0 Å². The molecular formula is C12H19N3O. The molecule has 1 aliphatic heterocycles. The van der Waals surface area contributed by atoms with Gasteiger partial charge in [0.05, 0.1) is 17.3 Å². The van der Waals surface area contributed by atoms with Crippen LogP contribution in [0.1, 0.15) is 40.6 Å². The average Bonchev–Trinajstić information content (AvgIpc) is 2.55. The van der Waals surface area contributed by atoms with Crippen LogP contribution in [0.3, 0.4) is 0 Å². The third-order valence-electron chi connectivity index (χ3n) is 3.53. The van der Waals surface area contributed by atoms with Gasteiger partial charge in [-0.15, -0.1) is 0 Å². The number of hydrogen-bond acceptors (Lipinski definition) is 3. The van der Waals surface area contributed by atoms with Crippen molar-refractivity contribution >= 4 is 6.29 Å². The van der Waals surface area contributed by atoms with Gasteiger partial charge < -0.3 is 4.90 Å². The van der Waals surface area contributed by atoms with Gasteiger partial charge in [-0.05, 0) is 46.8 Å². The van der Waals surface area contributed by atoms with Crippen molar-refractivity contribution in [1.82, 2.24) is 14.7 Å². The first kappa shape index (κ1) is 11.3. The minimum absolute atomic E-state index is 0.462. The molecule has 0 bridgehead atoms. The van der Waals surface area contributed by atoms with E-state index in [-0.39, 0.29) is 0 Å². The maximum atomic E-state index is 10.9. The Bertz CT molecular complexity index is 389. The summed E-state index contributed by atoms with van der Waals surface area (Å²) in [6.45, 7) is 6.11. The zero-order valence-electron chi connectivity index (χ0n) is 10.2. The van der Waals surface area contributed by atoms with Crippen molar-refractivity contribution in [3.63, 3.8) is 0 Å². The standard InChI is InChI=1S/C12H19N3O/c1-9-12(8-16)10(2)15(13-9)11-4-6-14(3)7-5-11/h8,11H,4-7H2,1-3H3. The minimum atomic E-state index is 0.462. The summed E-state index contributed by atoms with van der Waals surface area (Å²) in [7, 11) is 2.15. The van der Waals surface area contributed by atoms with Gasteiger partial charge in [0.2, 0.25) is 0 Å². The Kier molecular flexibility index (Phi) is 3.10. The van der Waals surface area contributed by atoms with Gasteiger partial charge in [0.15, 0.2) is 6.29 Å². The highest BCUT2D eigenvalue weighted by atomic mass is 16.1. The molecule has 0 radical (unpaired) electrons. The Morgan fingerprint density at radius 3 is 2.44 bits per heavy atom. The molecule has 4 nitrogen and oxygen atoms in total. The Labute approximate surface area is 96.2 Å². The molecule has 0 unspecified atom stereocenters. The smallest absolute Gasteiger partial charge is 0.153 e. The SMILES string of the molecule is Cc1nn(C2CCN(C)CC2)c(C)c1C=O. The van der Waals surface area contributed by atoms with E-state index in [1.165, 1.54) is 0 Å². The summed E-state index contributed by atoms with van der Waals surface area (Å²) in [4.78, 5) is 13.3. The second-order valence-corrected chi connectivity index (χ2v) is 4.68. The summed E-state index contributed by atoms with van der Waals surface area (Å²) >= 11 is 0. The third kappa shape index (κ3) is 1.89. The van der Waals surface area contributed by atoms with E-state index in [0.717, 1.165) is 49.2 Å². The van der Waals surface area contributed by atoms with Crippen LogP contribution in [0.15, 0.2) is 0 Å². The molecule has 2 rings (SSSR count). The number of piperidine rings is 1. The largest absolute Gasteiger partial charge is 0.306 e. The normalized spacial score (nSPS) is 18.9. The quantitative estimate of drug-likeness (QED) is 0.712. The number of aryl methyl sites for hydroxylation is 1. The number of aldehydes is 1. The molecule has 0 atom stereocenters. The van der Waals surface area contributed by atoms with E-state index < -0.39 is 0 Å². The molecule has 1 aliphatic rings. The van der Waals surface area contributed by atoms with Gasteiger partial charge in [-0.25, -0.2) is 0 Å². The number of carbonyl (C=O) groups excluding carboxylic acids is 1. The Morgan fingerprint density at radius 2 is 1.94 bits per heavy atom. The van der Waals surface area contributed by atoms with Crippen LogP contribution >= 0.6 is 0 Å². The summed E-state index contributed by atoms with van der Waals surface area (Å²) < 4.78 is 2.05. The summed E-state index contributed by atoms with van der Waals surface area (Å²) in [5, 5.41) is 4.50. The Morgan fingerprint density at radius 1 is 1.31 bits per heavy atom. The fraction of sp³-hybridized carbons (Fsp3) is 0.667. The van der Waals surface area contributed by atoms with Crippen LogP contribution in [0.25, 0.3) is 0 Å². The Hall–Kier alpha value is -1.16. The van der Waals surface area contributed by atoms with Crippen molar-refractivity contribution in [2.24, 2.45) is 0 Å². The van der Waals surface area contributed by atoms with Crippen molar-refractivity contribution in [3.05, 3.63) is 17.0 Å². The van der Waals surface area contributed by atoms with Crippen molar-refractivity contribution in [3.8, 4) is 0 Å². The van der Waals surface area contributed by atoms with E-state index >= 15 is 0 Å². The minimum Gasteiger partial charge on any atom is -0.306 e. The van der Waals surface area contributed by atoms with Gasteiger partial charge >= 0.3 is 0 Å². The molecule has 1 aromatic rings. The zero-order valence-corrected chi connectivity index (χ0v) is 10.2. The molecule has 0 aliphatic carbocycles. The highest BCUT2D eigenvalue weighted by Crippen LogP contribution is 2.24. The van der Waals surface area contributed by atoms with Gasteiger partial charge in [0.25, 0.3) is 0 Å². The maximum absolute atomic E-state index is 10.9. The van der Waals surface area contributed by atoms with E-state index in [1.54, 1.807) is 0 Å². The summed E-state index contributed by atoms with van der Waals surface area (Å²) in [6.07, 6.45) is 3.16. The third-order valence-corrected chi connectivity index (χ3v) is 3.53. The average molecular weight is 221 g/mol. The van der Waals surface area contributed by atoms with E-state index in [1.807, 2.05) is 18.5 Å². The number of nitrogens with zero attached hydrogens (tertiary/aromatic N) is 3. The zero-order chi connectivity index (χ0) is 11.7. The van der Waals surface area contributed by atoms with Crippen LogP contribution in [-0.2, 0) is 0 Å². The number of carbonyl (C=O) groups is 1. The van der Waals surface area contributed by atoms with Crippen LogP contribution < -0.4 is 0 Å². The van der Waals surface area contributed by atoms with E-state index in [0.29, 0.717) is 6.04 Å². The van der Waals surface area contributed by atoms with E-state index in [4.69, 9.17) is 0 Å². The Balaban J connectivity index is 2.24. The van der Waals surface area contributed by atoms with E-state index in [9.17, 15) is 4.79 Å². The van der Waals surface area contributed by atoms with Crippen LogP contribution in [0.2, 0.25) is 0 Å². The van der Waals surface area contributed by atoms with Crippen LogP contribution in [0, 0.1) is 13.8 Å². The fourth-order valence-electron chi connectivity index (χ4n) is 2.44. The molecule has 1 saturated heterocycles. The van der Waals surface area contributed by atoms with E-state index in [2.05, 4.69) is 17.0 Å². The molecule has 2 heterocycles. The lowest BCUT2D eigenvalue weighted by Gasteiger charge is -2.29. The first-order valence-corrected chi connectivity index (χ1v) is 5.83. The number of aromatic nitrogens is 2. The molecule has 16 heavy (non-hydrogen) atoms. The molecule has 4 heteroatoms. The predicted octanol–water partition coefficient (Wildman–Crippen LogP) is 1.58. The highest BCUT2D eigenvalue weighted by molar-refractivity contribution is 5.78. The number of hydrogen-bond donors (Lipinski definition) is 0. The summed E-state index contributed by atoms with van der Waals surface area (Å²) in [5.74, 6) is 0. The second kappa shape index (κ2) is 4.37. The van der Waals surface area contributed by atoms with Crippen LogP contribution in [0.5, 0.6) is 0 Å². The van der Waals surface area contributed by atoms with Gasteiger partial charge in [0, 0.05) is 5.69 Å². The lowest BCUT2D eigenvalue weighted by Crippen LogP contribution is -2.32. The highest BCUT2D eigenvalue weighted by Gasteiger charge is 2.22. The lowest BCUT2D eigenvalue weighted by atomic mass is 10.1. The molecule has 0 N–H and O–H groups in total. The van der Waals surface area contributed by atoms with Crippen molar-refractivity contribution in [2.75, 3.05) is 20.1 Å². The first-order valence-electron chi connectivity index (χ1n) is 5.83. The van der Waals surface area contributed by atoms with Crippen LogP contribution in [-0.4, -0.2) is 41.1 Å². The molecule has 1 aromatic heterocycles. The van der Waals surface area contributed by atoms with Crippen molar-refractivity contribution < 1.29 is 4.79 Å². The topological polar surface area (TPSA) is 38.1 Å². The lowest BCUT2D eigenvalue weighted by molar-refractivity contribution is 0.112. The fourth-order valence-corrected chi connectivity index (χ4v) is 2.44. The monoisotopic (exact) mass is 221 g/mol. The molecular weight excluding hydrogens is 202 g/mol. The molecule has 0 spiro atoms. The molecule has 0 aromatic carbocycles. The molecule has 1 fully saturated rings. The van der Waals surface area contributed by atoms with Crippen molar-refractivity contribution in [1.29, 1.82) is 0 Å². The van der Waals surface area contributed by atoms with Crippen molar-refractivity contribution in [2.45, 2.75) is 32.7 Å². The van der Waals surface area contributed by atoms with Gasteiger partial charge in [-0.3, -0.25) is 9.48 Å². The summed E-state index contributed by atoms with van der Waals surface area (Å²) in [6, 6.07) is 0.462. The molecule has 0 saturated carbocycles. The first-order chi connectivity index (χ1) is 7.63. The molecule has 88 valence electrons. The van der Waals surface area contributed by atoms with Gasteiger partial charge in [-0.2, -0.15) is 5.10 Å². The van der Waals surface area contributed by atoms with Gasteiger partial charge in [-0.1, -0.05) is 0 Å². The predicted molar refractivity (Wildman–Crippen MR) is 62.9 cm³/mol. The number of likely N-dealkylation sites (tertiary alicyclic amines) is 1. The molecule has 0 amide bonds. The maximum Gasteiger partial charge on any atom is 0.153 e.